The molecule has 0 aromatic carbocycles. The fourth-order valence-corrected chi connectivity index (χ4v) is 2.44. The first-order valence-electron chi connectivity index (χ1n) is 6.55. The van der Waals surface area contributed by atoms with E-state index in [1.807, 2.05) is 6.92 Å². The first kappa shape index (κ1) is 13.9. The van der Waals surface area contributed by atoms with Crippen molar-refractivity contribution in [1.82, 2.24) is 0 Å². The minimum atomic E-state index is -0.0716. The second-order valence-corrected chi connectivity index (χ2v) is 4.66. The Labute approximate surface area is 99.5 Å². The Bertz CT molecular complexity index is 180. The Kier molecular flexibility index (Phi) is 6.32. The van der Waals surface area contributed by atoms with Crippen molar-refractivity contribution < 1.29 is 14.2 Å². The lowest BCUT2D eigenvalue weighted by atomic mass is 9.87. The molecule has 0 aliphatic carbocycles. The quantitative estimate of drug-likeness (QED) is 0.702. The SMILES string of the molecule is CCOC1OCCCC1C(OCC)C(C)C. The molecule has 3 unspecified atom stereocenters. The van der Waals surface area contributed by atoms with Crippen LogP contribution in [0.5, 0.6) is 0 Å². The molecule has 0 aromatic heterocycles. The van der Waals surface area contributed by atoms with E-state index in [0.717, 1.165) is 26.1 Å². The molecule has 16 heavy (non-hydrogen) atoms. The van der Waals surface area contributed by atoms with Gasteiger partial charge in [-0.3, -0.25) is 0 Å². The summed E-state index contributed by atoms with van der Waals surface area (Å²) in [6, 6.07) is 0. The van der Waals surface area contributed by atoms with Crippen LogP contribution in [0.25, 0.3) is 0 Å². The van der Waals surface area contributed by atoms with Gasteiger partial charge >= 0.3 is 0 Å². The minimum absolute atomic E-state index is 0.0716. The van der Waals surface area contributed by atoms with Gasteiger partial charge in [0.1, 0.15) is 0 Å². The van der Waals surface area contributed by atoms with E-state index < -0.39 is 0 Å². The van der Waals surface area contributed by atoms with Crippen molar-refractivity contribution >= 4 is 0 Å². The Morgan fingerprint density at radius 1 is 1.25 bits per heavy atom. The molecule has 1 aliphatic heterocycles. The van der Waals surface area contributed by atoms with Crippen LogP contribution in [0, 0.1) is 11.8 Å². The highest BCUT2D eigenvalue weighted by Gasteiger charge is 2.35. The highest BCUT2D eigenvalue weighted by Crippen LogP contribution is 2.30. The number of rotatable bonds is 6. The van der Waals surface area contributed by atoms with Crippen LogP contribution in [-0.4, -0.2) is 32.2 Å². The predicted octanol–water partition coefficient (Wildman–Crippen LogP) is 2.84. The zero-order valence-electron chi connectivity index (χ0n) is 11.1. The zero-order valence-corrected chi connectivity index (χ0v) is 11.1. The first-order valence-corrected chi connectivity index (χ1v) is 6.55. The molecule has 0 saturated carbocycles. The van der Waals surface area contributed by atoms with Crippen LogP contribution in [-0.2, 0) is 14.2 Å². The highest BCUT2D eigenvalue weighted by molar-refractivity contribution is 4.79. The molecule has 0 bridgehead atoms. The fraction of sp³-hybridized carbons (Fsp3) is 1.00. The molecular weight excluding hydrogens is 204 g/mol. The summed E-state index contributed by atoms with van der Waals surface area (Å²) in [6.45, 7) is 10.8. The van der Waals surface area contributed by atoms with Crippen molar-refractivity contribution in [2.75, 3.05) is 19.8 Å². The van der Waals surface area contributed by atoms with Gasteiger partial charge < -0.3 is 14.2 Å². The summed E-state index contributed by atoms with van der Waals surface area (Å²) in [5.41, 5.74) is 0. The average molecular weight is 230 g/mol. The van der Waals surface area contributed by atoms with Crippen molar-refractivity contribution in [2.24, 2.45) is 11.8 Å². The summed E-state index contributed by atoms with van der Waals surface area (Å²) in [6.07, 6.45) is 2.44. The average Bonchev–Trinajstić information content (AvgIpc) is 2.27. The molecule has 1 rings (SSSR count). The molecule has 96 valence electrons. The van der Waals surface area contributed by atoms with Crippen molar-refractivity contribution in [3.8, 4) is 0 Å². The molecule has 1 saturated heterocycles. The third kappa shape index (κ3) is 3.72. The lowest BCUT2D eigenvalue weighted by Crippen LogP contribution is -2.43. The molecule has 0 amide bonds. The predicted molar refractivity (Wildman–Crippen MR) is 64.3 cm³/mol. The van der Waals surface area contributed by atoms with E-state index >= 15 is 0 Å². The highest BCUT2D eigenvalue weighted by atomic mass is 16.7. The monoisotopic (exact) mass is 230 g/mol. The number of ether oxygens (including phenoxy) is 3. The largest absolute Gasteiger partial charge is 0.378 e. The van der Waals surface area contributed by atoms with Gasteiger partial charge in [-0.25, -0.2) is 0 Å². The van der Waals surface area contributed by atoms with Gasteiger partial charge in [-0.2, -0.15) is 0 Å². The molecule has 0 spiro atoms. The van der Waals surface area contributed by atoms with Gasteiger partial charge in [-0.1, -0.05) is 13.8 Å². The maximum atomic E-state index is 5.86. The normalized spacial score (nSPS) is 28.3. The van der Waals surface area contributed by atoms with Crippen LogP contribution in [0.3, 0.4) is 0 Å². The van der Waals surface area contributed by atoms with Gasteiger partial charge in [0.2, 0.25) is 0 Å². The van der Waals surface area contributed by atoms with Gasteiger partial charge in [-0.15, -0.1) is 0 Å². The van der Waals surface area contributed by atoms with Crippen LogP contribution in [0.2, 0.25) is 0 Å². The van der Waals surface area contributed by atoms with Gasteiger partial charge in [-0.05, 0) is 32.6 Å². The molecule has 0 aromatic rings. The van der Waals surface area contributed by atoms with Crippen LogP contribution in [0.1, 0.15) is 40.5 Å². The van der Waals surface area contributed by atoms with Gasteiger partial charge in [0.05, 0.1) is 6.10 Å². The number of hydrogen-bond donors (Lipinski definition) is 0. The lowest BCUT2D eigenvalue weighted by molar-refractivity contribution is -0.219. The molecular formula is C13H26O3. The molecule has 1 fully saturated rings. The second-order valence-electron chi connectivity index (χ2n) is 4.66. The Morgan fingerprint density at radius 2 is 2.00 bits per heavy atom. The number of hydrogen-bond acceptors (Lipinski definition) is 3. The molecule has 3 atom stereocenters. The fourth-order valence-electron chi connectivity index (χ4n) is 2.44. The van der Waals surface area contributed by atoms with Crippen molar-refractivity contribution in [2.45, 2.75) is 52.9 Å². The van der Waals surface area contributed by atoms with Crippen LogP contribution >= 0.6 is 0 Å². The third-order valence-electron chi connectivity index (χ3n) is 3.08. The van der Waals surface area contributed by atoms with Crippen LogP contribution in [0.15, 0.2) is 0 Å². The molecule has 1 heterocycles. The summed E-state index contributed by atoms with van der Waals surface area (Å²) in [5.74, 6) is 0.892. The zero-order chi connectivity index (χ0) is 12.0. The standard InChI is InChI=1S/C13H26O3/c1-5-14-12(10(3)4)11-8-7-9-16-13(11)15-6-2/h10-13H,5-9H2,1-4H3. The van der Waals surface area contributed by atoms with Crippen molar-refractivity contribution in [1.29, 1.82) is 0 Å². The van der Waals surface area contributed by atoms with E-state index in [1.165, 1.54) is 0 Å². The van der Waals surface area contributed by atoms with E-state index in [9.17, 15) is 0 Å². The van der Waals surface area contributed by atoms with Gasteiger partial charge in [0, 0.05) is 25.7 Å². The minimum Gasteiger partial charge on any atom is -0.378 e. The van der Waals surface area contributed by atoms with Crippen LogP contribution in [0.4, 0.5) is 0 Å². The van der Waals surface area contributed by atoms with Gasteiger partial charge in [0.15, 0.2) is 6.29 Å². The van der Waals surface area contributed by atoms with E-state index in [2.05, 4.69) is 20.8 Å². The summed E-state index contributed by atoms with van der Waals surface area (Å²) < 4.78 is 17.2. The Hall–Kier alpha value is -0.120. The summed E-state index contributed by atoms with van der Waals surface area (Å²) in [4.78, 5) is 0. The maximum absolute atomic E-state index is 5.86. The van der Waals surface area contributed by atoms with Crippen LogP contribution < -0.4 is 0 Å². The summed E-state index contributed by atoms with van der Waals surface area (Å²) >= 11 is 0. The van der Waals surface area contributed by atoms with E-state index in [0.29, 0.717) is 18.4 Å². The summed E-state index contributed by atoms with van der Waals surface area (Å²) in [7, 11) is 0. The van der Waals surface area contributed by atoms with E-state index in [4.69, 9.17) is 14.2 Å². The smallest absolute Gasteiger partial charge is 0.162 e. The maximum Gasteiger partial charge on any atom is 0.162 e. The summed E-state index contributed by atoms with van der Waals surface area (Å²) in [5, 5.41) is 0. The first-order chi connectivity index (χ1) is 7.70. The van der Waals surface area contributed by atoms with Crippen molar-refractivity contribution in [3.63, 3.8) is 0 Å². The molecule has 1 aliphatic rings. The van der Waals surface area contributed by atoms with E-state index in [-0.39, 0.29) is 12.4 Å². The van der Waals surface area contributed by atoms with Gasteiger partial charge in [0.25, 0.3) is 0 Å². The molecule has 0 N–H and O–H groups in total. The molecule has 3 heteroatoms. The second kappa shape index (κ2) is 7.25. The Morgan fingerprint density at radius 3 is 2.56 bits per heavy atom. The third-order valence-corrected chi connectivity index (χ3v) is 3.08. The Balaban J connectivity index is 2.62. The topological polar surface area (TPSA) is 27.7 Å². The molecule has 3 nitrogen and oxygen atoms in total. The molecule has 0 radical (unpaired) electrons. The van der Waals surface area contributed by atoms with E-state index in [1.54, 1.807) is 0 Å². The van der Waals surface area contributed by atoms with Crippen molar-refractivity contribution in [3.05, 3.63) is 0 Å². The lowest BCUT2D eigenvalue weighted by Gasteiger charge is -2.38.